The minimum atomic E-state index is -4.76. The lowest BCUT2D eigenvalue weighted by Gasteiger charge is -2.18. The Kier molecular flexibility index (Phi) is 45.5. The first kappa shape index (κ1) is 61.7. The molecular weight excluding hydrogens is 830 g/mol. The molecule has 3 atom stereocenters. The van der Waals surface area contributed by atoms with Crippen molar-refractivity contribution in [2.75, 3.05) is 19.8 Å². The summed E-state index contributed by atoms with van der Waals surface area (Å²) in [5.74, 6) is -2.36. The summed E-state index contributed by atoms with van der Waals surface area (Å²) in [5.41, 5.74) is 0. The number of hydrogen-bond acceptors (Lipinski definition) is 8. The molecule has 1 amide bonds. The number of carbonyl (C=O) groups is 3. The molecule has 11 nitrogen and oxygen atoms in total. The van der Waals surface area contributed by atoms with E-state index in [0.717, 1.165) is 57.8 Å². The maximum atomic E-state index is 12.4. The number of ether oxygens (including phenoxy) is 1. The van der Waals surface area contributed by atoms with Gasteiger partial charge in [0.2, 0.25) is 5.91 Å². The van der Waals surface area contributed by atoms with Gasteiger partial charge in [-0.3, -0.25) is 18.6 Å². The highest BCUT2D eigenvalue weighted by molar-refractivity contribution is 7.47. The zero-order valence-corrected chi connectivity index (χ0v) is 41.7. The molecule has 0 aromatic heterocycles. The van der Waals surface area contributed by atoms with Crippen molar-refractivity contribution in [1.82, 2.24) is 5.32 Å². The van der Waals surface area contributed by atoms with Crippen LogP contribution in [0.5, 0.6) is 0 Å². The van der Waals surface area contributed by atoms with Gasteiger partial charge in [0, 0.05) is 12.8 Å². The van der Waals surface area contributed by atoms with Crippen molar-refractivity contribution < 1.29 is 47.8 Å². The first-order valence-corrected chi connectivity index (χ1v) is 27.5. The van der Waals surface area contributed by atoms with Gasteiger partial charge in [0.1, 0.15) is 12.7 Å². The molecule has 0 aromatic rings. The van der Waals surface area contributed by atoms with E-state index in [2.05, 4.69) is 55.6 Å². The zero-order valence-electron chi connectivity index (χ0n) is 40.8. The number of aliphatic hydroxyl groups is 1. The molecule has 0 aliphatic rings. The summed E-state index contributed by atoms with van der Waals surface area (Å²) in [6, 6.07) is -1.54. The predicted octanol–water partition coefficient (Wildman–Crippen LogP) is 14.3. The molecule has 0 saturated carbocycles. The van der Waals surface area contributed by atoms with Crippen molar-refractivity contribution in [2.24, 2.45) is 0 Å². The van der Waals surface area contributed by atoms with E-state index in [9.17, 15) is 34.1 Å². The fraction of sp³-hybridized carbons (Fsp3) is 0.827. The summed E-state index contributed by atoms with van der Waals surface area (Å²) >= 11 is 0. The van der Waals surface area contributed by atoms with Gasteiger partial charge in [-0.05, 0) is 51.4 Å². The topological polar surface area (TPSA) is 169 Å². The number of carboxylic acid groups (broad SMARTS) is 1. The van der Waals surface area contributed by atoms with E-state index < -0.39 is 57.6 Å². The Hall–Kier alpha value is -2.30. The van der Waals surface area contributed by atoms with Gasteiger partial charge < -0.3 is 25.2 Å². The Morgan fingerprint density at radius 1 is 0.500 bits per heavy atom. The van der Waals surface area contributed by atoms with Gasteiger partial charge in [-0.15, -0.1) is 0 Å². The van der Waals surface area contributed by atoms with Crippen LogP contribution in [0.3, 0.4) is 0 Å². The fourth-order valence-electron chi connectivity index (χ4n) is 7.38. The van der Waals surface area contributed by atoms with E-state index in [1.807, 2.05) is 0 Å². The van der Waals surface area contributed by atoms with Gasteiger partial charge in [0.15, 0.2) is 6.04 Å². The molecule has 0 aromatic carbocycles. The number of aliphatic carboxylic acids is 1. The Labute approximate surface area is 391 Å². The SMILES string of the molecule is CCCCC/C=C\C/C=C\C/C=C\CCCCCCCCCCCCC(=O)OCC(O)COP(=O)(O)OCC(NC(=O)CCCCCCCCCCCCCCCCCCC)C(=O)O. The summed E-state index contributed by atoms with van der Waals surface area (Å²) in [4.78, 5) is 46.1. The van der Waals surface area contributed by atoms with Gasteiger partial charge in [0.05, 0.1) is 13.2 Å². The summed E-state index contributed by atoms with van der Waals surface area (Å²) in [6.07, 6.45) is 53.0. The Bertz CT molecular complexity index is 1220. The molecule has 0 heterocycles. The highest BCUT2D eigenvalue weighted by Crippen LogP contribution is 2.43. The summed E-state index contributed by atoms with van der Waals surface area (Å²) in [6.45, 7) is 2.60. The molecule has 0 rings (SSSR count). The number of nitrogens with one attached hydrogen (secondary N) is 1. The molecule has 12 heteroatoms. The number of rotatable bonds is 49. The molecule has 64 heavy (non-hydrogen) atoms. The number of unbranched alkanes of at least 4 members (excludes halogenated alkanes) is 29. The minimum Gasteiger partial charge on any atom is -0.480 e. The summed E-state index contributed by atoms with van der Waals surface area (Å²) < 4.78 is 27.0. The number of carboxylic acids is 1. The van der Waals surface area contributed by atoms with Crippen molar-refractivity contribution in [1.29, 1.82) is 0 Å². The fourth-order valence-corrected chi connectivity index (χ4v) is 8.16. The molecule has 0 spiro atoms. The van der Waals surface area contributed by atoms with E-state index in [1.54, 1.807) is 0 Å². The van der Waals surface area contributed by atoms with Crippen LogP contribution in [0.15, 0.2) is 36.5 Å². The second kappa shape index (κ2) is 47.2. The molecule has 0 bridgehead atoms. The highest BCUT2D eigenvalue weighted by atomic mass is 31.2. The van der Waals surface area contributed by atoms with Crippen LogP contribution in [0.2, 0.25) is 0 Å². The smallest absolute Gasteiger partial charge is 0.472 e. The van der Waals surface area contributed by atoms with E-state index in [1.165, 1.54) is 148 Å². The second-order valence-electron chi connectivity index (χ2n) is 17.7. The van der Waals surface area contributed by atoms with E-state index in [0.29, 0.717) is 12.8 Å². The number of amides is 1. The van der Waals surface area contributed by atoms with Crippen LogP contribution >= 0.6 is 7.82 Å². The standard InChI is InChI=1S/C52H96NO10P/c1-3-5-7-9-11-13-15-17-19-21-22-23-24-25-26-28-30-32-34-36-38-40-42-44-51(56)61-45-48(54)46-62-64(59,60)63-47-49(52(57)58)53-50(55)43-41-39-37-35-33-31-29-27-20-18-16-14-12-10-8-6-4-2/h11,13,17,19,22-23,48-49,54H,3-10,12,14-16,18,20-21,24-47H2,1-2H3,(H,53,55)(H,57,58)(H,59,60)/b13-11-,19-17-,23-22-. The molecule has 374 valence electrons. The van der Waals surface area contributed by atoms with Crippen molar-refractivity contribution in [3.63, 3.8) is 0 Å². The molecule has 0 radical (unpaired) electrons. The average Bonchev–Trinajstić information content (AvgIpc) is 3.27. The van der Waals surface area contributed by atoms with Gasteiger partial charge in [-0.25, -0.2) is 9.36 Å². The first-order chi connectivity index (χ1) is 31.1. The third kappa shape index (κ3) is 46.2. The molecule has 3 unspecified atom stereocenters. The van der Waals surface area contributed by atoms with Gasteiger partial charge in [-0.1, -0.05) is 217 Å². The number of allylic oxidation sites excluding steroid dienone is 6. The highest BCUT2D eigenvalue weighted by Gasteiger charge is 2.28. The largest absolute Gasteiger partial charge is 0.480 e. The van der Waals surface area contributed by atoms with Crippen molar-refractivity contribution >= 4 is 25.7 Å². The number of aliphatic hydroxyl groups excluding tert-OH is 1. The Morgan fingerprint density at radius 2 is 0.859 bits per heavy atom. The summed E-state index contributed by atoms with van der Waals surface area (Å²) in [5, 5.41) is 21.9. The number of hydrogen-bond donors (Lipinski definition) is 4. The lowest BCUT2D eigenvalue weighted by atomic mass is 10.0. The van der Waals surface area contributed by atoms with Crippen LogP contribution in [0.1, 0.15) is 245 Å². The maximum absolute atomic E-state index is 12.4. The normalized spacial score (nSPS) is 13.8. The van der Waals surface area contributed by atoms with Crippen LogP contribution < -0.4 is 5.32 Å². The third-order valence-electron chi connectivity index (χ3n) is 11.4. The number of phosphoric ester groups is 1. The third-order valence-corrected chi connectivity index (χ3v) is 12.4. The zero-order chi connectivity index (χ0) is 47.0. The van der Waals surface area contributed by atoms with Crippen molar-refractivity contribution in [3.8, 4) is 0 Å². The molecular formula is C52H96NO10P. The summed E-state index contributed by atoms with van der Waals surface area (Å²) in [7, 11) is -4.76. The van der Waals surface area contributed by atoms with Gasteiger partial charge in [-0.2, -0.15) is 0 Å². The monoisotopic (exact) mass is 926 g/mol. The number of esters is 1. The Morgan fingerprint density at radius 3 is 1.31 bits per heavy atom. The van der Waals surface area contributed by atoms with Crippen LogP contribution in [0.25, 0.3) is 0 Å². The molecule has 4 N–H and O–H groups in total. The molecule has 0 aliphatic carbocycles. The molecule has 0 saturated heterocycles. The predicted molar refractivity (Wildman–Crippen MR) is 263 cm³/mol. The molecule has 0 aliphatic heterocycles. The average molecular weight is 926 g/mol. The molecule has 0 fully saturated rings. The van der Waals surface area contributed by atoms with Gasteiger partial charge >= 0.3 is 19.8 Å². The van der Waals surface area contributed by atoms with Gasteiger partial charge in [0.25, 0.3) is 0 Å². The second-order valence-corrected chi connectivity index (χ2v) is 19.2. The maximum Gasteiger partial charge on any atom is 0.472 e. The van der Waals surface area contributed by atoms with Crippen LogP contribution in [-0.4, -0.2) is 64.9 Å². The van der Waals surface area contributed by atoms with Crippen molar-refractivity contribution in [3.05, 3.63) is 36.5 Å². The van der Waals surface area contributed by atoms with E-state index >= 15 is 0 Å². The lowest BCUT2D eigenvalue weighted by Crippen LogP contribution is -2.43. The number of carbonyl (C=O) groups excluding carboxylic acids is 2. The number of phosphoric acid groups is 1. The first-order valence-electron chi connectivity index (χ1n) is 26.0. The van der Waals surface area contributed by atoms with Crippen molar-refractivity contribution in [2.45, 2.75) is 257 Å². The van der Waals surface area contributed by atoms with E-state index in [4.69, 9.17) is 13.8 Å². The quantitative estimate of drug-likeness (QED) is 0.0199. The lowest BCUT2D eigenvalue weighted by molar-refractivity contribution is -0.147. The van der Waals surface area contributed by atoms with Crippen LogP contribution in [-0.2, 0) is 32.7 Å². The van der Waals surface area contributed by atoms with Crippen LogP contribution in [0.4, 0.5) is 0 Å². The minimum absolute atomic E-state index is 0.149. The Balaban J connectivity index is 3.80. The van der Waals surface area contributed by atoms with E-state index in [-0.39, 0.29) is 12.8 Å². The van der Waals surface area contributed by atoms with Crippen LogP contribution in [0, 0.1) is 0 Å².